The van der Waals surface area contributed by atoms with E-state index in [1.807, 2.05) is 24.0 Å². The Kier molecular flexibility index (Phi) is 3.78. The van der Waals surface area contributed by atoms with Gasteiger partial charge < -0.3 is 5.32 Å². The molecule has 86 valence electrons. The van der Waals surface area contributed by atoms with Gasteiger partial charge in [0.05, 0.1) is 5.69 Å². The van der Waals surface area contributed by atoms with Gasteiger partial charge in [0, 0.05) is 35.2 Å². The van der Waals surface area contributed by atoms with Crippen LogP contribution < -0.4 is 5.32 Å². The van der Waals surface area contributed by atoms with Gasteiger partial charge in [-0.25, -0.2) is 0 Å². The third-order valence-electron chi connectivity index (χ3n) is 2.56. The maximum atomic E-state index is 4.17. The lowest BCUT2D eigenvalue weighted by Gasteiger charge is -2.13. The highest BCUT2D eigenvalue weighted by Crippen LogP contribution is 2.23. The molecule has 1 N–H and O–H groups in total. The molecule has 2 rings (SSSR count). The quantitative estimate of drug-likeness (QED) is 0.940. The molecule has 0 aliphatic carbocycles. The second kappa shape index (κ2) is 5.12. The Balaban J connectivity index is 1.97. The first kappa shape index (κ1) is 11.8. The minimum atomic E-state index is 0.307. The summed E-state index contributed by atoms with van der Waals surface area (Å²) in [6.07, 6.45) is 1.83. The fraction of sp³-hybridized carbons (Fsp3) is 0.364. The van der Waals surface area contributed by atoms with Crippen LogP contribution in [-0.2, 0) is 13.6 Å². The van der Waals surface area contributed by atoms with Gasteiger partial charge in [-0.3, -0.25) is 4.68 Å². The summed E-state index contributed by atoms with van der Waals surface area (Å²) in [7, 11) is 1.97. The van der Waals surface area contributed by atoms with Crippen molar-refractivity contribution in [1.82, 2.24) is 15.1 Å². The molecule has 0 bridgehead atoms. The van der Waals surface area contributed by atoms with Crippen LogP contribution in [0.4, 0.5) is 0 Å². The maximum Gasteiger partial charge on any atom is 0.0547 e. The summed E-state index contributed by atoms with van der Waals surface area (Å²) in [5, 5.41) is 9.75. The standard InChI is InChI=1S/C11H14BrN3S/c1-8(10-3-5-14-15(10)2)13-7-11-9(12)4-6-16-11/h3-6,8,13H,7H2,1-2H3. The van der Waals surface area contributed by atoms with Gasteiger partial charge in [-0.2, -0.15) is 5.10 Å². The van der Waals surface area contributed by atoms with Crippen LogP contribution in [0.2, 0.25) is 0 Å². The van der Waals surface area contributed by atoms with E-state index in [2.05, 4.69) is 44.7 Å². The molecule has 2 heterocycles. The normalized spacial score (nSPS) is 12.9. The topological polar surface area (TPSA) is 29.9 Å². The SMILES string of the molecule is CC(NCc1sccc1Br)c1ccnn1C. The van der Waals surface area contributed by atoms with Crippen molar-refractivity contribution in [1.29, 1.82) is 0 Å². The number of aromatic nitrogens is 2. The molecule has 0 saturated heterocycles. The third-order valence-corrected chi connectivity index (χ3v) is 4.49. The molecule has 1 unspecified atom stereocenters. The van der Waals surface area contributed by atoms with Gasteiger partial charge >= 0.3 is 0 Å². The van der Waals surface area contributed by atoms with Crippen LogP contribution in [0.25, 0.3) is 0 Å². The van der Waals surface area contributed by atoms with E-state index in [0.29, 0.717) is 6.04 Å². The zero-order valence-electron chi connectivity index (χ0n) is 9.27. The molecular weight excluding hydrogens is 286 g/mol. The monoisotopic (exact) mass is 299 g/mol. The van der Waals surface area contributed by atoms with Crippen molar-refractivity contribution in [3.8, 4) is 0 Å². The van der Waals surface area contributed by atoms with Crippen LogP contribution in [0.15, 0.2) is 28.2 Å². The first-order chi connectivity index (χ1) is 7.68. The predicted octanol–water partition coefficient (Wildman–Crippen LogP) is 3.09. The first-order valence-corrected chi connectivity index (χ1v) is 6.79. The fourth-order valence-electron chi connectivity index (χ4n) is 1.61. The van der Waals surface area contributed by atoms with Gasteiger partial charge in [-0.1, -0.05) is 0 Å². The Morgan fingerprint density at radius 1 is 1.56 bits per heavy atom. The second-order valence-corrected chi connectivity index (χ2v) is 5.53. The van der Waals surface area contributed by atoms with Crippen molar-refractivity contribution in [3.63, 3.8) is 0 Å². The molecule has 0 aliphatic heterocycles. The molecule has 0 saturated carbocycles. The fourth-order valence-corrected chi connectivity index (χ4v) is 3.05. The van der Waals surface area contributed by atoms with Crippen LogP contribution in [0.3, 0.4) is 0 Å². The summed E-state index contributed by atoms with van der Waals surface area (Å²) in [6.45, 7) is 3.03. The van der Waals surface area contributed by atoms with Gasteiger partial charge in [-0.15, -0.1) is 11.3 Å². The summed E-state index contributed by atoms with van der Waals surface area (Å²) >= 11 is 5.29. The predicted molar refractivity (Wildman–Crippen MR) is 70.5 cm³/mol. The number of nitrogens with one attached hydrogen (secondary N) is 1. The summed E-state index contributed by atoms with van der Waals surface area (Å²) < 4.78 is 3.09. The molecule has 3 nitrogen and oxygen atoms in total. The van der Waals surface area contributed by atoms with Gasteiger partial charge in [0.1, 0.15) is 0 Å². The maximum absolute atomic E-state index is 4.17. The number of rotatable bonds is 4. The van der Waals surface area contributed by atoms with Crippen molar-refractivity contribution >= 4 is 27.3 Å². The van der Waals surface area contributed by atoms with Crippen LogP contribution in [0.5, 0.6) is 0 Å². The van der Waals surface area contributed by atoms with Crippen LogP contribution in [-0.4, -0.2) is 9.78 Å². The van der Waals surface area contributed by atoms with E-state index in [9.17, 15) is 0 Å². The van der Waals surface area contributed by atoms with Crippen LogP contribution in [0, 0.1) is 0 Å². The first-order valence-electron chi connectivity index (χ1n) is 5.11. The van der Waals surface area contributed by atoms with Crippen molar-refractivity contribution < 1.29 is 0 Å². The van der Waals surface area contributed by atoms with Crippen molar-refractivity contribution in [2.45, 2.75) is 19.5 Å². The average Bonchev–Trinajstić information content (AvgIpc) is 2.84. The number of thiophene rings is 1. The lowest BCUT2D eigenvalue weighted by atomic mass is 10.2. The molecule has 16 heavy (non-hydrogen) atoms. The third kappa shape index (κ3) is 2.53. The molecule has 2 aromatic rings. The van der Waals surface area contributed by atoms with E-state index in [-0.39, 0.29) is 0 Å². The molecule has 0 fully saturated rings. The largest absolute Gasteiger partial charge is 0.304 e. The molecule has 0 amide bonds. The van der Waals surface area contributed by atoms with Gasteiger partial charge in [-0.05, 0) is 40.4 Å². The van der Waals surface area contributed by atoms with Crippen LogP contribution in [0.1, 0.15) is 23.5 Å². The van der Waals surface area contributed by atoms with E-state index in [4.69, 9.17) is 0 Å². The summed E-state index contributed by atoms with van der Waals surface area (Å²) in [6, 6.07) is 4.43. The van der Waals surface area contributed by atoms with E-state index in [1.54, 1.807) is 11.3 Å². The second-order valence-electron chi connectivity index (χ2n) is 3.67. The smallest absolute Gasteiger partial charge is 0.0547 e. The Morgan fingerprint density at radius 3 is 2.94 bits per heavy atom. The van der Waals surface area contributed by atoms with Gasteiger partial charge in [0.25, 0.3) is 0 Å². The number of aryl methyl sites for hydroxylation is 1. The molecule has 2 aromatic heterocycles. The lowest BCUT2D eigenvalue weighted by Crippen LogP contribution is -2.20. The van der Waals surface area contributed by atoms with E-state index < -0.39 is 0 Å². The van der Waals surface area contributed by atoms with E-state index >= 15 is 0 Å². The van der Waals surface area contributed by atoms with Crippen molar-refractivity contribution in [3.05, 3.63) is 38.8 Å². The van der Waals surface area contributed by atoms with Gasteiger partial charge in [0.2, 0.25) is 0 Å². The van der Waals surface area contributed by atoms with E-state index in [0.717, 1.165) is 6.54 Å². The number of hydrogen-bond acceptors (Lipinski definition) is 3. The molecule has 0 aromatic carbocycles. The molecule has 1 atom stereocenters. The molecule has 0 spiro atoms. The minimum absolute atomic E-state index is 0.307. The molecular formula is C11H14BrN3S. The number of nitrogens with zero attached hydrogens (tertiary/aromatic N) is 2. The average molecular weight is 300 g/mol. The molecule has 5 heteroatoms. The molecule has 0 aliphatic rings. The van der Waals surface area contributed by atoms with Gasteiger partial charge in [0.15, 0.2) is 0 Å². The molecule has 0 radical (unpaired) electrons. The summed E-state index contributed by atoms with van der Waals surface area (Å²) in [5.74, 6) is 0. The lowest BCUT2D eigenvalue weighted by molar-refractivity contribution is 0.532. The summed E-state index contributed by atoms with van der Waals surface area (Å²) in [5.41, 5.74) is 1.20. The highest BCUT2D eigenvalue weighted by molar-refractivity contribution is 9.10. The zero-order chi connectivity index (χ0) is 11.5. The number of hydrogen-bond donors (Lipinski definition) is 1. The zero-order valence-corrected chi connectivity index (χ0v) is 11.7. The Labute approximate surface area is 108 Å². The van der Waals surface area contributed by atoms with Crippen molar-refractivity contribution in [2.75, 3.05) is 0 Å². The minimum Gasteiger partial charge on any atom is -0.304 e. The van der Waals surface area contributed by atoms with Crippen molar-refractivity contribution in [2.24, 2.45) is 7.05 Å². The highest BCUT2D eigenvalue weighted by atomic mass is 79.9. The Bertz CT molecular complexity index is 463. The Hall–Kier alpha value is -0.650. The highest BCUT2D eigenvalue weighted by Gasteiger charge is 2.09. The van der Waals surface area contributed by atoms with Crippen LogP contribution >= 0.6 is 27.3 Å². The Morgan fingerprint density at radius 2 is 2.38 bits per heavy atom. The van der Waals surface area contributed by atoms with E-state index in [1.165, 1.54) is 15.0 Å². The number of halogens is 1. The summed E-state index contributed by atoms with van der Waals surface area (Å²) in [4.78, 5) is 1.33.